The standard InChI is InChI=1S/C19H22BrN3O/c1-13-4-3-9-23(12-13)18-8-6-15(11-21-18)19(24)22-16-7-5-14(2)17(20)10-16/h5-8,10-11,13H,3-4,9,12H2,1-2H3,(H,22,24). The van der Waals surface area contributed by atoms with Crippen LogP contribution in [0, 0.1) is 12.8 Å². The minimum absolute atomic E-state index is 0.142. The van der Waals surface area contributed by atoms with Crippen LogP contribution in [0.15, 0.2) is 41.0 Å². The molecule has 2 heterocycles. The van der Waals surface area contributed by atoms with Gasteiger partial charge in [0.2, 0.25) is 0 Å². The molecule has 1 saturated heterocycles. The SMILES string of the molecule is Cc1ccc(NC(=O)c2ccc(N3CCCC(C)C3)nc2)cc1Br. The smallest absolute Gasteiger partial charge is 0.257 e. The van der Waals surface area contributed by atoms with Gasteiger partial charge in [0.1, 0.15) is 5.82 Å². The second-order valence-corrected chi connectivity index (χ2v) is 7.37. The predicted octanol–water partition coefficient (Wildman–Crippen LogP) is 4.64. The first-order valence-electron chi connectivity index (χ1n) is 8.31. The van der Waals surface area contributed by atoms with Gasteiger partial charge in [0.25, 0.3) is 5.91 Å². The fourth-order valence-electron chi connectivity index (χ4n) is 2.98. The zero-order chi connectivity index (χ0) is 17.1. The maximum atomic E-state index is 12.4. The van der Waals surface area contributed by atoms with E-state index in [1.165, 1.54) is 12.8 Å². The Labute approximate surface area is 151 Å². The summed E-state index contributed by atoms with van der Waals surface area (Å²) in [7, 11) is 0. The zero-order valence-corrected chi connectivity index (χ0v) is 15.6. The van der Waals surface area contributed by atoms with Crippen LogP contribution in [0.5, 0.6) is 0 Å². The third kappa shape index (κ3) is 3.96. The fourth-order valence-corrected chi connectivity index (χ4v) is 3.36. The summed E-state index contributed by atoms with van der Waals surface area (Å²) >= 11 is 3.48. The van der Waals surface area contributed by atoms with Crippen LogP contribution in [-0.4, -0.2) is 24.0 Å². The van der Waals surface area contributed by atoms with Crippen molar-refractivity contribution in [3.05, 3.63) is 52.1 Å². The number of pyridine rings is 1. The Morgan fingerprint density at radius 3 is 2.83 bits per heavy atom. The van der Waals surface area contributed by atoms with Crippen LogP contribution in [0.25, 0.3) is 0 Å². The van der Waals surface area contributed by atoms with Crippen LogP contribution in [0.4, 0.5) is 11.5 Å². The second-order valence-electron chi connectivity index (χ2n) is 6.52. The van der Waals surface area contributed by atoms with Crippen molar-refractivity contribution in [3.63, 3.8) is 0 Å². The molecule has 1 aromatic heterocycles. The number of amides is 1. The molecule has 4 nitrogen and oxygen atoms in total. The first kappa shape index (κ1) is 17.0. The van der Waals surface area contributed by atoms with Crippen LogP contribution in [0.1, 0.15) is 35.7 Å². The van der Waals surface area contributed by atoms with Crippen molar-refractivity contribution >= 4 is 33.3 Å². The third-order valence-electron chi connectivity index (χ3n) is 4.42. The molecule has 1 unspecified atom stereocenters. The number of carbonyl (C=O) groups excluding carboxylic acids is 1. The van der Waals surface area contributed by atoms with Gasteiger partial charge >= 0.3 is 0 Å². The van der Waals surface area contributed by atoms with Crippen molar-refractivity contribution in [2.24, 2.45) is 5.92 Å². The van der Waals surface area contributed by atoms with Crippen LogP contribution >= 0.6 is 15.9 Å². The normalized spacial score (nSPS) is 17.6. The average Bonchev–Trinajstić information content (AvgIpc) is 2.58. The number of rotatable bonds is 3. The molecule has 0 spiro atoms. The number of hydrogen-bond acceptors (Lipinski definition) is 3. The van der Waals surface area contributed by atoms with E-state index in [9.17, 15) is 4.79 Å². The van der Waals surface area contributed by atoms with Crippen molar-refractivity contribution in [1.82, 2.24) is 4.98 Å². The van der Waals surface area contributed by atoms with E-state index >= 15 is 0 Å². The number of anilines is 2. The molecule has 2 aromatic rings. The second kappa shape index (κ2) is 7.34. The lowest BCUT2D eigenvalue weighted by Crippen LogP contribution is -2.34. The predicted molar refractivity (Wildman–Crippen MR) is 102 cm³/mol. The van der Waals surface area contributed by atoms with Gasteiger partial charge in [-0.15, -0.1) is 0 Å². The molecule has 0 bridgehead atoms. The van der Waals surface area contributed by atoms with E-state index in [2.05, 4.69) is 38.1 Å². The Balaban J connectivity index is 1.68. The van der Waals surface area contributed by atoms with Crippen molar-refractivity contribution in [3.8, 4) is 0 Å². The van der Waals surface area contributed by atoms with Gasteiger partial charge in [0, 0.05) is 29.4 Å². The van der Waals surface area contributed by atoms with Gasteiger partial charge in [-0.3, -0.25) is 4.79 Å². The largest absolute Gasteiger partial charge is 0.356 e. The van der Waals surface area contributed by atoms with Crippen LogP contribution in [0.2, 0.25) is 0 Å². The number of aromatic nitrogens is 1. The van der Waals surface area contributed by atoms with Gasteiger partial charge < -0.3 is 10.2 Å². The van der Waals surface area contributed by atoms with Gasteiger partial charge in [-0.2, -0.15) is 0 Å². The van der Waals surface area contributed by atoms with Crippen molar-refractivity contribution < 1.29 is 4.79 Å². The molecule has 3 rings (SSSR count). The van der Waals surface area contributed by atoms with Gasteiger partial charge in [-0.05, 0) is 55.5 Å². The summed E-state index contributed by atoms with van der Waals surface area (Å²) in [6.45, 7) is 6.36. The number of nitrogens with zero attached hydrogens (tertiary/aromatic N) is 2. The van der Waals surface area contributed by atoms with Gasteiger partial charge in [-0.1, -0.05) is 28.9 Å². The molecule has 1 atom stereocenters. The maximum absolute atomic E-state index is 12.4. The summed E-state index contributed by atoms with van der Waals surface area (Å²) in [5.74, 6) is 1.51. The molecule has 126 valence electrons. The number of benzene rings is 1. The number of carbonyl (C=O) groups is 1. The number of hydrogen-bond donors (Lipinski definition) is 1. The van der Waals surface area contributed by atoms with Gasteiger partial charge in [0.15, 0.2) is 0 Å². The van der Waals surface area contributed by atoms with E-state index in [4.69, 9.17) is 0 Å². The maximum Gasteiger partial charge on any atom is 0.257 e. The molecule has 1 amide bonds. The molecule has 24 heavy (non-hydrogen) atoms. The van der Waals surface area contributed by atoms with E-state index in [1.807, 2.05) is 37.3 Å². The summed E-state index contributed by atoms with van der Waals surface area (Å²) in [4.78, 5) is 19.2. The molecular formula is C19H22BrN3O. The highest BCUT2D eigenvalue weighted by Gasteiger charge is 2.18. The molecule has 0 saturated carbocycles. The topological polar surface area (TPSA) is 45.2 Å². The van der Waals surface area contributed by atoms with Crippen LogP contribution in [0.3, 0.4) is 0 Å². The lowest BCUT2D eigenvalue weighted by molar-refractivity contribution is 0.102. The van der Waals surface area contributed by atoms with E-state index < -0.39 is 0 Å². The first-order chi connectivity index (χ1) is 11.5. The molecule has 0 aliphatic carbocycles. The Morgan fingerprint density at radius 2 is 2.17 bits per heavy atom. The molecule has 1 aliphatic rings. The van der Waals surface area contributed by atoms with E-state index in [0.29, 0.717) is 11.5 Å². The minimum atomic E-state index is -0.142. The minimum Gasteiger partial charge on any atom is -0.356 e. The molecule has 0 radical (unpaired) electrons. The Kier molecular flexibility index (Phi) is 5.19. The highest BCUT2D eigenvalue weighted by Crippen LogP contribution is 2.23. The van der Waals surface area contributed by atoms with Crippen molar-refractivity contribution in [2.75, 3.05) is 23.3 Å². The van der Waals surface area contributed by atoms with Crippen molar-refractivity contribution in [2.45, 2.75) is 26.7 Å². The summed E-state index contributed by atoms with van der Waals surface area (Å²) < 4.78 is 0.980. The van der Waals surface area contributed by atoms with Crippen LogP contribution in [-0.2, 0) is 0 Å². The summed E-state index contributed by atoms with van der Waals surface area (Å²) in [6.07, 6.45) is 4.14. The zero-order valence-electron chi connectivity index (χ0n) is 14.1. The van der Waals surface area contributed by atoms with Gasteiger partial charge in [0.05, 0.1) is 5.56 Å². The number of aryl methyl sites for hydroxylation is 1. The molecular weight excluding hydrogens is 366 g/mol. The molecule has 1 aliphatic heterocycles. The lowest BCUT2D eigenvalue weighted by Gasteiger charge is -2.31. The highest BCUT2D eigenvalue weighted by molar-refractivity contribution is 9.10. The molecule has 5 heteroatoms. The number of piperidine rings is 1. The fraction of sp³-hybridized carbons (Fsp3) is 0.368. The molecule has 1 fully saturated rings. The first-order valence-corrected chi connectivity index (χ1v) is 9.11. The Morgan fingerprint density at radius 1 is 1.33 bits per heavy atom. The number of halogens is 1. The Bertz CT molecular complexity index is 730. The Hall–Kier alpha value is -1.88. The summed E-state index contributed by atoms with van der Waals surface area (Å²) in [5.41, 5.74) is 2.47. The van der Waals surface area contributed by atoms with Crippen molar-refractivity contribution in [1.29, 1.82) is 0 Å². The highest BCUT2D eigenvalue weighted by atomic mass is 79.9. The monoisotopic (exact) mass is 387 g/mol. The molecule has 1 aromatic carbocycles. The molecule has 1 N–H and O–H groups in total. The third-order valence-corrected chi connectivity index (χ3v) is 5.28. The van der Waals surface area contributed by atoms with E-state index in [0.717, 1.165) is 34.6 Å². The lowest BCUT2D eigenvalue weighted by atomic mass is 10.0. The van der Waals surface area contributed by atoms with E-state index in [1.54, 1.807) is 6.20 Å². The van der Waals surface area contributed by atoms with E-state index in [-0.39, 0.29) is 5.91 Å². The summed E-state index contributed by atoms with van der Waals surface area (Å²) in [5, 5.41) is 2.91. The summed E-state index contributed by atoms with van der Waals surface area (Å²) in [6, 6.07) is 9.57. The quantitative estimate of drug-likeness (QED) is 0.833. The van der Waals surface area contributed by atoms with Crippen LogP contribution < -0.4 is 10.2 Å². The average molecular weight is 388 g/mol. The number of nitrogens with one attached hydrogen (secondary N) is 1. The van der Waals surface area contributed by atoms with Gasteiger partial charge in [-0.25, -0.2) is 4.98 Å².